The van der Waals surface area contributed by atoms with E-state index in [1.807, 2.05) is 31.2 Å². The van der Waals surface area contributed by atoms with Gasteiger partial charge in [0.25, 0.3) is 5.91 Å². The molecular weight excluding hydrogens is 434 g/mol. The molecule has 2 heterocycles. The minimum Gasteiger partial charge on any atom is -0.497 e. The second kappa shape index (κ2) is 11.0. The summed E-state index contributed by atoms with van der Waals surface area (Å²) in [6.07, 6.45) is 1.19. The van der Waals surface area contributed by atoms with Crippen molar-refractivity contribution in [3.63, 3.8) is 0 Å². The molecule has 1 aromatic carbocycles. The van der Waals surface area contributed by atoms with Gasteiger partial charge < -0.3 is 24.4 Å². The maximum Gasteiger partial charge on any atom is 0.259 e. The van der Waals surface area contributed by atoms with Crippen molar-refractivity contribution in [1.29, 1.82) is 0 Å². The Balaban J connectivity index is 1.98. The third-order valence-electron chi connectivity index (χ3n) is 5.95. The number of rotatable bonds is 5. The third kappa shape index (κ3) is 5.86. The number of likely N-dealkylation sites (N-methyl/N-ethyl adjacent to an activating group) is 1. The van der Waals surface area contributed by atoms with E-state index >= 15 is 0 Å². The zero-order valence-electron chi connectivity index (χ0n) is 20.2. The van der Waals surface area contributed by atoms with Crippen molar-refractivity contribution < 1.29 is 24.2 Å². The fraction of sp³-hybridized carbons (Fsp3) is 0.423. The molecule has 0 aliphatic carbocycles. The highest BCUT2D eigenvalue weighted by atomic mass is 16.5. The van der Waals surface area contributed by atoms with Crippen LogP contribution in [0.4, 0.5) is 0 Å². The first-order chi connectivity index (χ1) is 16.2. The summed E-state index contributed by atoms with van der Waals surface area (Å²) in [5.74, 6) is 6.61. The van der Waals surface area contributed by atoms with Crippen LogP contribution in [0.3, 0.4) is 0 Å². The second-order valence-electron chi connectivity index (χ2n) is 8.58. The van der Waals surface area contributed by atoms with Crippen molar-refractivity contribution >= 4 is 11.8 Å². The Morgan fingerprint density at radius 1 is 1.32 bits per heavy atom. The van der Waals surface area contributed by atoms with Crippen molar-refractivity contribution in [3.05, 3.63) is 53.2 Å². The van der Waals surface area contributed by atoms with Crippen molar-refractivity contribution in [3.8, 4) is 23.5 Å². The number of pyridine rings is 1. The Hall–Kier alpha value is -3.57. The molecule has 34 heavy (non-hydrogen) atoms. The molecule has 0 bridgehead atoms. The van der Waals surface area contributed by atoms with Gasteiger partial charge in [0.1, 0.15) is 17.4 Å². The van der Waals surface area contributed by atoms with E-state index in [-0.39, 0.29) is 47.9 Å². The fourth-order valence-corrected chi connectivity index (χ4v) is 3.61. The standard InChI is InChI=1S/C26H31N3O5/c1-17-14-29(18(2)16-30)26(32)23-12-21(7-6-20-8-10-22(33-5)11-9-20)13-27-25(23)34-24(17)15-28(4)19(3)31/h8-13,17-18,24,30H,14-16H2,1-5H3/t17-,18-,24-/m1/s1. The summed E-state index contributed by atoms with van der Waals surface area (Å²) in [6.45, 7) is 5.81. The van der Waals surface area contributed by atoms with Crippen molar-refractivity contribution in [2.45, 2.75) is 32.9 Å². The average molecular weight is 466 g/mol. The second-order valence-corrected chi connectivity index (χ2v) is 8.58. The first-order valence-electron chi connectivity index (χ1n) is 11.2. The summed E-state index contributed by atoms with van der Waals surface area (Å²) < 4.78 is 11.3. The van der Waals surface area contributed by atoms with Crippen LogP contribution in [-0.4, -0.2) is 77.7 Å². The van der Waals surface area contributed by atoms with Gasteiger partial charge in [-0.15, -0.1) is 0 Å². The molecule has 2 amide bonds. The Morgan fingerprint density at radius 3 is 2.62 bits per heavy atom. The third-order valence-corrected chi connectivity index (χ3v) is 5.95. The molecule has 0 saturated carbocycles. The van der Waals surface area contributed by atoms with Crippen molar-refractivity contribution in [1.82, 2.24) is 14.8 Å². The van der Waals surface area contributed by atoms with E-state index in [1.54, 1.807) is 43.1 Å². The Kier molecular flexibility index (Phi) is 8.13. The topological polar surface area (TPSA) is 92.2 Å². The number of aliphatic hydroxyl groups is 1. The predicted octanol–water partition coefficient (Wildman–Crippen LogP) is 2.19. The van der Waals surface area contributed by atoms with E-state index in [2.05, 4.69) is 16.8 Å². The molecule has 1 aliphatic heterocycles. The molecule has 1 aromatic heterocycles. The maximum atomic E-state index is 13.4. The van der Waals surface area contributed by atoms with Gasteiger partial charge in [-0.05, 0) is 37.3 Å². The van der Waals surface area contributed by atoms with Crippen LogP contribution in [0.2, 0.25) is 0 Å². The van der Waals surface area contributed by atoms with Gasteiger partial charge in [-0.3, -0.25) is 9.59 Å². The molecule has 8 nitrogen and oxygen atoms in total. The molecule has 1 N–H and O–H groups in total. The summed E-state index contributed by atoms with van der Waals surface area (Å²) in [6, 6.07) is 8.63. The highest BCUT2D eigenvalue weighted by Crippen LogP contribution is 2.27. The summed E-state index contributed by atoms with van der Waals surface area (Å²) in [5.41, 5.74) is 1.64. The number of ether oxygens (including phenoxy) is 2. The summed E-state index contributed by atoms with van der Waals surface area (Å²) in [5, 5.41) is 9.76. The van der Waals surface area contributed by atoms with Crippen molar-refractivity contribution in [2.24, 2.45) is 5.92 Å². The fourth-order valence-electron chi connectivity index (χ4n) is 3.61. The zero-order valence-corrected chi connectivity index (χ0v) is 20.2. The van der Waals surface area contributed by atoms with Crippen LogP contribution < -0.4 is 9.47 Å². The Labute approximate surface area is 200 Å². The number of nitrogens with zero attached hydrogens (tertiary/aromatic N) is 3. The highest BCUT2D eigenvalue weighted by Gasteiger charge is 2.34. The maximum absolute atomic E-state index is 13.4. The number of amides is 2. The Bertz CT molecular complexity index is 1090. The van der Waals surface area contributed by atoms with Gasteiger partial charge in [0, 0.05) is 43.8 Å². The normalized spacial score (nSPS) is 18.4. The van der Waals surface area contributed by atoms with Crippen LogP contribution in [0.5, 0.6) is 11.6 Å². The van der Waals surface area contributed by atoms with Gasteiger partial charge in [-0.1, -0.05) is 18.8 Å². The van der Waals surface area contributed by atoms with E-state index in [4.69, 9.17) is 9.47 Å². The molecule has 1 aliphatic rings. The van der Waals surface area contributed by atoms with Crippen LogP contribution in [0.25, 0.3) is 0 Å². The number of carbonyl (C=O) groups excluding carboxylic acids is 2. The lowest BCUT2D eigenvalue weighted by molar-refractivity contribution is -0.129. The first kappa shape index (κ1) is 25.1. The lowest BCUT2D eigenvalue weighted by Gasteiger charge is -2.37. The van der Waals surface area contributed by atoms with E-state index in [0.717, 1.165) is 11.3 Å². The molecular formula is C26H31N3O5. The van der Waals surface area contributed by atoms with Crippen LogP contribution in [0.15, 0.2) is 36.5 Å². The highest BCUT2D eigenvalue weighted by molar-refractivity contribution is 5.97. The first-order valence-corrected chi connectivity index (χ1v) is 11.2. The molecule has 8 heteroatoms. The molecule has 2 aromatic rings. The molecule has 0 fully saturated rings. The lowest BCUT2D eigenvalue weighted by atomic mass is 10.00. The number of hydrogen-bond acceptors (Lipinski definition) is 6. The van der Waals surface area contributed by atoms with Gasteiger partial charge in [0.2, 0.25) is 11.8 Å². The summed E-state index contributed by atoms with van der Waals surface area (Å²) >= 11 is 0. The number of fused-ring (bicyclic) bond motifs is 1. The quantitative estimate of drug-likeness (QED) is 0.681. The van der Waals surface area contributed by atoms with Gasteiger partial charge in [-0.25, -0.2) is 4.98 Å². The molecule has 0 saturated heterocycles. The molecule has 3 rings (SSSR count). The molecule has 0 spiro atoms. The number of aliphatic hydroxyl groups excluding tert-OH is 1. The largest absolute Gasteiger partial charge is 0.497 e. The van der Waals surface area contributed by atoms with Crippen LogP contribution in [0.1, 0.15) is 42.3 Å². The van der Waals surface area contributed by atoms with Gasteiger partial charge in [0.15, 0.2) is 0 Å². The Morgan fingerprint density at radius 2 is 2.00 bits per heavy atom. The minimum atomic E-state index is -0.388. The summed E-state index contributed by atoms with van der Waals surface area (Å²) in [4.78, 5) is 32.9. The summed E-state index contributed by atoms with van der Waals surface area (Å²) in [7, 11) is 3.32. The molecule has 3 atom stereocenters. The lowest BCUT2D eigenvalue weighted by Crippen LogP contribution is -2.50. The van der Waals surface area contributed by atoms with E-state index in [0.29, 0.717) is 18.7 Å². The number of aromatic nitrogens is 1. The van der Waals surface area contributed by atoms with Gasteiger partial charge >= 0.3 is 0 Å². The minimum absolute atomic E-state index is 0.0770. The molecule has 180 valence electrons. The SMILES string of the molecule is COc1ccc(C#Cc2cnc3c(c2)C(=O)N([C@H](C)CO)C[C@@H](C)[C@@H](CN(C)C(C)=O)O3)cc1. The molecule has 0 unspecified atom stereocenters. The van der Waals surface area contributed by atoms with Crippen LogP contribution in [0, 0.1) is 17.8 Å². The van der Waals surface area contributed by atoms with Gasteiger partial charge in [0.05, 0.1) is 26.3 Å². The monoisotopic (exact) mass is 465 g/mol. The molecule has 0 radical (unpaired) electrons. The number of carbonyl (C=O) groups is 2. The van der Waals surface area contributed by atoms with Gasteiger partial charge in [-0.2, -0.15) is 0 Å². The average Bonchev–Trinajstić information content (AvgIpc) is 2.84. The van der Waals surface area contributed by atoms with E-state index < -0.39 is 0 Å². The van der Waals surface area contributed by atoms with Crippen LogP contribution in [-0.2, 0) is 4.79 Å². The number of methoxy groups -OCH3 is 1. The number of benzene rings is 1. The van der Waals surface area contributed by atoms with E-state index in [9.17, 15) is 14.7 Å². The van der Waals surface area contributed by atoms with Crippen LogP contribution >= 0.6 is 0 Å². The van der Waals surface area contributed by atoms with Crippen molar-refractivity contribution in [2.75, 3.05) is 33.9 Å². The predicted molar refractivity (Wildman–Crippen MR) is 128 cm³/mol. The zero-order chi connectivity index (χ0) is 24.8. The number of hydrogen-bond donors (Lipinski definition) is 1. The smallest absolute Gasteiger partial charge is 0.259 e. The van der Waals surface area contributed by atoms with E-state index in [1.165, 1.54) is 6.92 Å².